The second-order valence-corrected chi connectivity index (χ2v) is 7.40. The summed E-state index contributed by atoms with van der Waals surface area (Å²) in [4.78, 5) is 38.1. The van der Waals surface area contributed by atoms with Gasteiger partial charge in [0, 0.05) is 45.1 Å². The average molecular weight is 379 g/mol. The largest absolute Gasteiger partial charge is 0.355 e. The topological polar surface area (TPSA) is 78.4 Å². The third-order valence-electron chi connectivity index (χ3n) is 5.54. The number of benzene rings is 1. The van der Waals surface area contributed by atoms with Gasteiger partial charge in [0.1, 0.15) is 5.41 Å². The molecule has 1 aromatic heterocycles. The summed E-state index contributed by atoms with van der Waals surface area (Å²) in [5.41, 5.74) is 0.334. The molecule has 2 aliphatic rings. The summed E-state index contributed by atoms with van der Waals surface area (Å²) < 4.78 is 0. The van der Waals surface area contributed by atoms with Crippen LogP contribution in [0.1, 0.15) is 18.4 Å². The van der Waals surface area contributed by atoms with Crippen molar-refractivity contribution in [1.29, 1.82) is 0 Å². The maximum atomic E-state index is 13.0. The van der Waals surface area contributed by atoms with Crippen molar-refractivity contribution in [2.75, 3.05) is 37.6 Å². The van der Waals surface area contributed by atoms with E-state index >= 15 is 0 Å². The van der Waals surface area contributed by atoms with E-state index in [-0.39, 0.29) is 11.8 Å². The molecule has 2 aromatic rings. The van der Waals surface area contributed by atoms with Crippen molar-refractivity contribution >= 4 is 17.8 Å². The fraction of sp³-hybridized carbons (Fsp3) is 0.429. The lowest BCUT2D eigenvalue weighted by Gasteiger charge is -2.36. The van der Waals surface area contributed by atoms with Gasteiger partial charge in [0.25, 0.3) is 0 Å². The van der Waals surface area contributed by atoms with E-state index in [0.717, 1.165) is 6.42 Å². The molecule has 0 bridgehead atoms. The van der Waals surface area contributed by atoms with Crippen LogP contribution in [0.4, 0.5) is 5.95 Å². The lowest BCUT2D eigenvalue weighted by Crippen LogP contribution is -2.53. The number of carbonyl (C=O) groups excluding carboxylic acids is 2. The Labute approximate surface area is 164 Å². The van der Waals surface area contributed by atoms with Crippen LogP contribution in [0.2, 0.25) is 0 Å². The van der Waals surface area contributed by atoms with E-state index in [1.165, 1.54) is 5.56 Å². The zero-order valence-electron chi connectivity index (χ0n) is 15.9. The molecule has 0 radical (unpaired) electrons. The first-order valence-electron chi connectivity index (χ1n) is 9.83. The summed E-state index contributed by atoms with van der Waals surface area (Å²) in [6, 6.07) is 11.8. The van der Waals surface area contributed by atoms with Crippen molar-refractivity contribution in [1.82, 2.24) is 20.2 Å². The molecule has 0 unspecified atom stereocenters. The minimum atomic E-state index is -0.845. The van der Waals surface area contributed by atoms with Crippen LogP contribution in [0.3, 0.4) is 0 Å². The molecule has 2 fully saturated rings. The second kappa shape index (κ2) is 7.96. The number of rotatable bonds is 6. The Morgan fingerprint density at radius 2 is 1.64 bits per heavy atom. The van der Waals surface area contributed by atoms with Crippen molar-refractivity contribution in [3.05, 3.63) is 54.4 Å². The minimum Gasteiger partial charge on any atom is -0.355 e. The molecule has 2 amide bonds. The van der Waals surface area contributed by atoms with Crippen LogP contribution < -0.4 is 10.2 Å². The van der Waals surface area contributed by atoms with Gasteiger partial charge in [0.2, 0.25) is 17.8 Å². The van der Waals surface area contributed by atoms with Gasteiger partial charge in [-0.05, 0) is 30.9 Å². The first-order valence-corrected chi connectivity index (χ1v) is 9.83. The fourth-order valence-electron chi connectivity index (χ4n) is 3.66. The van der Waals surface area contributed by atoms with Crippen LogP contribution in [-0.2, 0) is 16.0 Å². The first-order chi connectivity index (χ1) is 13.7. The van der Waals surface area contributed by atoms with Gasteiger partial charge in [0.15, 0.2) is 0 Å². The first kappa shape index (κ1) is 18.4. The lowest BCUT2D eigenvalue weighted by molar-refractivity contribution is -0.144. The summed E-state index contributed by atoms with van der Waals surface area (Å²) in [6.07, 6.45) is 5.50. The molecule has 1 saturated carbocycles. The van der Waals surface area contributed by atoms with Crippen LogP contribution in [0.15, 0.2) is 48.8 Å². The van der Waals surface area contributed by atoms with E-state index in [2.05, 4.69) is 20.2 Å². The summed E-state index contributed by atoms with van der Waals surface area (Å²) >= 11 is 0. The normalized spacial score (nSPS) is 17.9. The van der Waals surface area contributed by atoms with Crippen molar-refractivity contribution in [3.63, 3.8) is 0 Å². The van der Waals surface area contributed by atoms with Crippen molar-refractivity contribution in [2.45, 2.75) is 19.3 Å². The fourth-order valence-corrected chi connectivity index (χ4v) is 3.66. The Morgan fingerprint density at radius 3 is 2.29 bits per heavy atom. The zero-order chi connectivity index (χ0) is 19.4. The predicted octanol–water partition coefficient (Wildman–Crippen LogP) is 1.26. The molecular weight excluding hydrogens is 354 g/mol. The third kappa shape index (κ3) is 3.83. The molecule has 1 aliphatic carbocycles. The summed E-state index contributed by atoms with van der Waals surface area (Å²) in [6.45, 7) is 3.10. The molecule has 1 N–H and O–H groups in total. The van der Waals surface area contributed by atoms with Gasteiger partial charge in [-0.25, -0.2) is 9.97 Å². The molecular formula is C21H25N5O2. The Morgan fingerprint density at radius 1 is 0.964 bits per heavy atom. The highest BCUT2D eigenvalue weighted by atomic mass is 16.2. The molecule has 4 rings (SSSR count). The Bertz CT molecular complexity index is 815. The molecule has 1 aliphatic heterocycles. The summed E-state index contributed by atoms with van der Waals surface area (Å²) in [5, 5.41) is 2.97. The van der Waals surface area contributed by atoms with Gasteiger partial charge in [0.05, 0.1) is 0 Å². The Balaban J connectivity index is 1.28. The SMILES string of the molecule is O=C(NCCc1ccccc1)C1(C(=O)N2CCN(c3ncccn3)CC2)CC1. The molecule has 0 atom stereocenters. The van der Waals surface area contributed by atoms with E-state index in [4.69, 9.17) is 0 Å². The van der Waals surface area contributed by atoms with E-state index in [1.807, 2.05) is 35.2 Å². The minimum absolute atomic E-state index is 0.0293. The van der Waals surface area contributed by atoms with Gasteiger partial charge < -0.3 is 15.1 Å². The number of anilines is 1. The Kier molecular flexibility index (Phi) is 5.23. The van der Waals surface area contributed by atoms with Crippen molar-refractivity contribution in [2.24, 2.45) is 5.41 Å². The second-order valence-electron chi connectivity index (χ2n) is 7.40. The molecule has 1 aromatic carbocycles. The van der Waals surface area contributed by atoms with E-state index in [9.17, 15) is 9.59 Å². The molecule has 1 saturated heterocycles. The molecule has 7 nitrogen and oxygen atoms in total. The van der Waals surface area contributed by atoms with Crippen LogP contribution in [0.5, 0.6) is 0 Å². The number of carbonyl (C=O) groups is 2. The Hall–Kier alpha value is -2.96. The van der Waals surface area contributed by atoms with Crippen molar-refractivity contribution in [3.8, 4) is 0 Å². The van der Waals surface area contributed by atoms with Crippen LogP contribution in [0, 0.1) is 5.41 Å². The van der Waals surface area contributed by atoms with Crippen LogP contribution in [0.25, 0.3) is 0 Å². The molecule has 146 valence electrons. The number of nitrogens with zero attached hydrogens (tertiary/aromatic N) is 4. The van der Waals surface area contributed by atoms with Gasteiger partial charge in [-0.1, -0.05) is 30.3 Å². The third-order valence-corrected chi connectivity index (χ3v) is 5.54. The highest BCUT2D eigenvalue weighted by Gasteiger charge is 2.58. The van der Waals surface area contributed by atoms with E-state index in [1.54, 1.807) is 18.5 Å². The molecule has 28 heavy (non-hydrogen) atoms. The standard InChI is InChI=1S/C21H25N5O2/c27-18(22-12-7-17-5-2-1-3-6-17)21(8-9-21)19(28)25-13-15-26(16-14-25)20-23-10-4-11-24-20/h1-6,10-11H,7-9,12-16H2,(H,22,27). The highest BCUT2D eigenvalue weighted by molar-refractivity contribution is 6.07. The maximum absolute atomic E-state index is 13.0. The smallest absolute Gasteiger partial charge is 0.238 e. The molecule has 2 heterocycles. The lowest BCUT2D eigenvalue weighted by atomic mass is 10.0. The number of hydrogen-bond donors (Lipinski definition) is 1. The number of amides is 2. The number of piperazine rings is 1. The summed E-state index contributed by atoms with van der Waals surface area (Å²) in [7, 11) is 0. The number of aromatic nitrogens is 2. The molecule has 7 heteroatoms. The van der Waals surface area contributed by atoms with Crippen LogP contribution in [-0.4, -0.2) is 59.4 Å². The van der Waals surface area contributed by atoms with Gasteiger partial charge in [-0.3, -0.25) is 9.59 Å². The van der Waals surface area contributed by atoms with Crippen molar-refractivity contribution < 1.29 is 9.59 Å². The monoisotopic (exact) mass is 379 g/mol. The van der Waals surface area contributed by atoms with Gasteiger partial charge >= 0.3 is 0 Å². The predicted molar refractivity (Wildman–Crippen MR) is 106 cm³/mol. The average Bonchev–Trinajstić information content (AvgIpc) is 3.57. The number of nitrogens with one attached hydrogen (secondary N) is 1. The molecule has 0 spiro atoms. The van der Waals surface area contributed by atoms with E-state index in [0.29, 0.717) is 51.5 Å². The highest BCUT2D eigenvalue weighted by Crippen LogP contribution is 2.47. The van der Waals surface area contributed by atoms with Gasteiger partial charge in [-0.15, -0.1) is 0 Å². The summed E-state index contributed by atoms with van der Waals surface area (Å²) in [5.74, 6) is 0.537. The van der Waals surface area contributed by atoms with Crippen LogP contribution >= 0.6 is 0 Å². The zero-order valence-corrected chi connectivity index (χ0v) is 15.9. The maximum Gasteiger partial charge on any atom is 0.238 e. The van der Waals surface area contributed by atoms with E-state index < -0.39 is 5.41 Å². The van der Waals surface area contributed by atoms with Gasteiger partial charge in [-0.2, -0.15) is 0 Å². The number of hydrogen-bond acceptors (Lipinski definition) is 5. The quantitative estimate of drug-likeness (QED) is 0.765.